The number of anilines is 6. The summed E-state index contributed by atoms with van der Waals surface area (Å²) in [6, 6.07) is 78.3. The summed E-state index contributed by atoms with van der Waals surface area (Å²) in [7, 11) is 0. The van der Waals surface area contributed by atoms with E-state index in [0.29, 0.717) is 0 Å². The number of hydrogen-bond donors (Lipinski definition) is 0. The van der Waals surface area contributed by atoms with Crippen LogP contribution in [-0.2, 0) is 10.8 Å². The Kier molecular flexibility index (Phi) is 8.88. The Morgan fingerprint density at radius 3 is 1.38 bits per heavy atom. The second-order valence-corrected chi connectivity index (χ2v) is 19.2. The Bertz CT molecular complexity index is 3750. The van der Waals surface area contributed by atoms with Gasteiger partial charge < -0.3 is 18.6 Å². The Labute approximate surface area is 397 Å². The van der Waals surface area contributed by atoms with Crippen LogP contribution < -0.4 is 9.80 Å². The van der Waals surface area contributed by atoms with Crippen molar-refractivity contribution in [3.63, 3.8) is 0 Å². The van der Waals surface area contributed by atoms with Gasteiger partial charge in [-0.15, -0.1) is 0 Å². The molecule has 4 nitrogen and oxygen atoms in total. The van der Waals surface area contributed by atoms with E-state index in [-0.39, 0.29) is 10.8 Å². The van der Waals surface area contributed by atoms with Gasteiger partial charge in [0.15, 0.2) is 5.58 Å². The van der Waals surface area contributed by atoms with Gasteiger partial charge in [-0.2, -0.15) is 0 Å². The van der Waals surface area contributed by atoms with E-state index in [0.717, 1.165) is 89.8 Å². The van der Waals surface area contributed by atoms with Gasteiger partial charge in [-0.1, -0.05) is 173 Å². The highest BCUT2D eigenvalue weighted by molar-refractivity contribution is 6.11. The van der Waals surface area contributed by atoms with Crippen molar-refractivity contribution in [2.24, 2.45) is 0 Å². The van der Waals surface area contributed by atoms with Crippen molar-refractivity contribution >= 4 is 56.1 Å². The average Bonchev–Trinajstić information content (AvgIpc) is 4.09. The zero-order chi connectivity index (χ0) is 45.7. The van der Waals surface area contributed by atoms with Gasteiger partial charge in [0.05, 0.1) is 17.1 Å². The van der Waals surface area contributed by atoms with Crippen LogP contribution in [0.4, 0.5) is 34.1 Å². The highest BCUT2D eigenvalue weighted by atomic mass is 16.3. The fourth-order valence-electron chi connectivity index (χ4n) is 11.4. The van der Waals surface area contributed by atoms with Crippen molar-refractivity contribution in [1.82, 2.24) is 0 Å². The predicted octanol–water partition coefficient (Wildman–Crippen LogP) is 18.1. The maximum Gasteiger partial charge on any atom is 0.159 e. The van der Waals surface area contributed by atoms with Crippen LogP contribution in [0.25, 0.3) is 66.8 Å². The highest BCUT2D eigenvalue weighted by Gasteiger charge is 2.50. The minimum atomic E-state index is -0.374. The Balaban J connectivity index is 0.945. The largest absolute Gasteiger partial charge is 0.455 e. The predicted molar refractivity (Wildman–Crippen MR) is 281 cm³/mol. The fourth-order valence-corrected chi connectivity index (χ4v) is 11.4. The molecular weight excluding hydrogens is 829 g/mol. The van der Waals surface area contributed by atoms with Crippen LogP contribution in [0.5, 0.6) is 0 Å². The monoisotopic (exact) mass is 876 g/mol. The third kappa shape index (κ3) is 5.93. The van der Waals surface area contributed by atoms with Gasteiger partial charge in [0.25, 0.3) is 0 Å². The van der Waals surface area contributed by atoms with Gasteiger partial charge in [0, 0.05) is 72.0 Å². The van der Waals surface area contributed by atoms with Crippen LogP contribution in [0.2, 0.25) is 0 Å². The van der Waals surface area contributed by atoms with Crippen LogP contribution in [-0.4, -0.2) is 0 Å². The lowest BCUT2D eigenvalue weighted by Crippen LogP contribution is -2.23. The van der Waals surface area contributed by atoms with Crippen LogP contribution in [0.1, 0.15) is 49.9 Å². The normalized spacial score (nSPS) is 13.8. The number of para-hydroxylation sites is 5. The molecule has 68 heavy (non-hydrogen) atoms. The van der Waals surface area contributed by atoms with Gasteiger partial charge >= 0.3 is 0 Å². The van der Waals surface area contributed by atoms with Crippen molar-refractivity contribution in [3.05, 3.63) is 241 Å². The second kappa shape index (κ2) is 15.1. The molecule has 0 saturated heterocycles. The summed E-state index contributed by atoms with van der Waals surface area (Å²) in [5.74, 6) is 1.96. The Morgan fingerprint density at radius 2 is 0.794 bits per heavy atom. The van der Waals surface area contributed by atoms with Gasteiger partial charge in [0.1, 0.15) is 17.1 Å². The molecule has 0 saturated carbocycles. The first-order valence-electron chi connectivity index (χ1n) is 23.6. The zero-order valence-corrected chi connectivity index (χ0v) is 38.5. The first-order valence-corrected chi connectivity index (χ1v) is 23.6. The maximum absolute atomic E-state index is 7.24. The third-order valence-electron chi connectivity index (χ3n) is 14.6. The SMILES string of the molecule is CC1(C)c2cc(N(c3ccccc3)c3ccccc3-c3ccccc3)ccc2-c2oc3c(c21)C(C)(C)c1cc(N(c2ccccc2-c2ccccc2)c2cccc4c2oc2ccccc24)ccc1-3. The maximum atomic E-state index is 7.24. The van der Waals surface area contributed by atoms with Crippen molar-refractivity contribution in [3.8, 4) is 44.9 Å². The molecule has 0 atom stereocenters. The lowest BCUT2D eigenvalue weighted by Gasteiger charge is -2.31. The smallest absolute Gasteiger partial charge is 0.159 e. The molecule has 2 heterocycles. The number of nitrogens with zero attached hydrogens (tertiary/aromatic N) is 2. The fraction of sp³-hybridized carbons (Fsp3) is 0.0938. The quantitative estimate of drug-likeness (QED) is 0.152. The molecule has 13 rings (SSSR count). The molecule has 2 aromatic heterocycles. The van der Waals surface area contributed by atoms with E-state index in [1.165, 1.54) is 33.4 Å². The van der Waals surface area contributed by atoms with Crippen molar-refractivity contribution in [2.45, 2.75) is 38.5 Å². The molecule has 11 aromatic rings. The molecule has 0 amide bonds. The first kappa shape index (κ1) is 40.0. The molecule has 2 aliphatic carbocycles. The van der Waals surface area contributed by atoms with E-state index < -0.39 is 0 Å². The number of rotatable bonds is 8. The Morgan fingerprint density at radius 1 is 0.338 bits per heavy atom. The van der Waals surface area contributed by atoms with Gasteiger partial charge in [0.2, 0.25) is 0 Å². The molecule has 0 fully saturated rings. The average molecular weight is 877 g/mol. The first-order chi connectivity index (χ1) is 33.3. The van der Waals surface area contributed by atoms with Crippen LogP contribution in [0, 0.1) is 0 Å². The van der Waals surface area contributed by atoms with Crippen molar-refractivity contribution in [2.75, 3.05) is 9.80 Å². The summed E-state index contributed by atoms with van der Waals surface area (Å²) < 4.78 is 14.0. The van der Waals surface area contributed by atoms with E-state index in [4.69, 9.17) is 8.83 Å². The van der Waals surface area contributed by atoms with E-state index >= 15 is 0 Å². The summed E-state index contributed by atoms with van der Waals surface area (Å²) in [5.41, 5.74) is 19.5. The van der Waals surface area contributed by atoms with Crippen LogP contribution in [0.3, 0.4) is 0 Å². The summed E-state index contributed by atoms with van der Waals surface area (Å²) in [4.78, 5) is 4.79. The lowest BCUT2D eigenvalue weighted by atomic mass is 9.74. The van der Waals surface area contributed by atoms with E-state index in [1.54, 1.807) is 0 Å². The van der Waals surface area contributed by atoms with E-state index in [1.807, 2.05) is 6.07 Å². The molecule has 0 spiro atoms. The zero-order valence-electron chi connectivity index (χ0n) is 38.5. The summed E-state index contributed by atoms with van der Waals surface area (Å²) in [6.07, 6.45) is 0. The van der Waals surface area contributed by atoms with Crippen molar-refractivity contribution < 1.29 is 8.83 Å². The minimum Gasteiger partial charge on any atom is -0.455 e. The summed E-state index contributed by atoms with van der Waals surface area (Å²) in [6.45, 7) is 9.51. The Hall–Kier alpha value is -8.34. The van der Waals surface area contributed by atoms with Crippen molar-refractivity contribution in [1.29, 1.82) is 0 Å². The molecular formula is C64H48N2O2. The molecule has 326 valence electrons. The van der Waals surface area contributed by atoms with Crippen LogP contribution >= 0.6 is 0 Å². The second-order valence-electron chi connectivity index (χ2n) is 19.2. The number of benzene rings is 9. The summed E-state index contributed by atoms with van der Waals surface area (Å²) >= 11 is 0. The molecule has 0 bridgehead atoms. The minimum absolute atomic E-state index is 0.348. The molecule has 0 radical (unpaired) electrons. The number of hydrogen-bond acceptors (Lipinski definition) is 4. The summed E-state index contributed by atoms with van der Waals surface area (Å²) in [5, 5.41) is 2.20. The number of furan rings is 2. The molecule has 0 N–H and O–H groups in total. The highest BCUT2D eigenvalue weighted by Crippen LogP contribution is 2.62. The number of fused-ring (bicyclic) bond motifs is 10. The third-order valence-corrected chi connectivity index (χ3v) is 14.6. The van der Waals surface area contributed by atoms with Gasteiger partial charge in [-0.25, -0.2) is 0 Å². The lowest BCUT2D eigenvalue weighted by molar-refractivity contribution is 0.592. The molecule has 4 heteroatoms. The van der Waals surface area contributed by atoms with E-state index in [9.17, 15) is 0 Å². The standard InChI is InChI=1S/C64H48N2O2/c1-63(2)52-39-44(65(43-25-12-7-13-26-43)54-31-17-14-27-46(54)41-21-8-5-9-22-41)35-37-50(52)61-58(63)59-62(68-61)51-38-36-45(40-53(51)64(59,3)4)66(55-32-18-15-28-47(55)42-23-10-6-11-24-42)56-33-20-30-49-48-29-16-19-34-57(48)67-60(49)56/h5-40H,1-4H3. The van der Waals surface area contributed by atoms with Crippen LogP contribution in [0.15, 0.2) is 227 Å². The molecule has 9 aromatic carbocycles. The molecule has 0 aliphatic heterocycles. The molecule has 0 unspecified atom stereocenters. The topological polar surface area (TPSA) is 32.8 Å². The van der Waals surface area contributed by atoms with E-state index in [2.05, 4.69) is 250 Å². The molecule has 2 aliphatic rings. The van der Waals surface area contributed by atoms with Gasteiger partial charge in [-0.05, 0) is 95.1 Å². The van der Waals surface area contributed by atoms with Gasteiger partial charge in [-0.3, -0.25) is 0 Å².